The van der Waals surface area contributed by atoms with Crippen LogP contribution in [0.5, 0.6) is 5.88 Å². The third kappa shape index (κ3) is 3.91. The molecule has 0 aliphatic heterocycles. The number of carbonyl (C=O) groups excluding carboxylic acids is 1. The minimum absolute atomic E-state index is 0.0987. The highest BCUT2D eigenvalue weighted by atomic mass is 32.1. The van der Waals surface area contributed by atoms with E-state index in [9.17, 15) is 14.7 Å². The van der Waals surface area contributed by atoms with E-state index in [0.29, 0.717) is 6.54 Å². The number of primary amides is 1. The summed E-state index contributed by atoms with van der Waals surface area (Å²) in [5, 5.41) is 13.4. The molecule has 0 unspecified atom stereocenters. The molecule has 0 aliphatic rings. The zero-order valence-electron chi connectivity index (χ0n) is 10.3. The summed E-state index contributed by atoms with van der Waals surface area (Å²) in [6, 6.07) is -0.870. The van der Waals surface area contributed by atoms with Crippen molar-refractivity contribution in [3.05, 3.63) is 20.7 Å². The van der Waals surface area contributed by atoms with E-state index in [1.54, 1.807) is 0 Å². The van der Waals surface area contributed by atoms with Crippen molar-refractivity contribution in [2.45, 2.75) is 26.3 Å². The molecule has 1 aromatic rings. The van der Waals surface area contributed by atoms with Gasteiger partial charge in [0.25, 0.3) is 5.56 Å². The van der Waals surface area contributed by atoms with Crippen LogP contribution in [0.15, 0.2) is 9.90 Å². The minimum atomic E-state index is -0.870. The summed E-state index contributed by atoms with van der Waals surface area (Å²) in [7, 11) is 0. The molecule has 0 spiro atoms. The molecular weight excluding hydrogens is 270 g/mol. The Morgan fingerprint density at radius 1 is 1.68 bits per heavy atom. The molecule has 0 atom stereocenters. The van der Waals surface area contributed by atoms with Crippen molar-refractivity contribution < 1.29 is 9.90 Å². The fourth-order valence-electron chi connectivity index (χ4n) is 1.38. The second-order valence-corrected chi connectivity index (χ2v) is 4.12. The summed E-state index contributed by atoms with van der Waals surface area (Å²) in [5.41, 5.74) is 6.06. The Hall–Kier alpha value is -2.16. The number of hydrazone groups is 1. The van der Waals surface area contributed by atoms with Gasteiger partial charge in [-0.3, -0.25) is 14.3 Å². The van der Waals surface area contributed by atoms with E-state index in [1.807, 2.05) is 12.3 Å². The average molecular weight is 285 g/mol. The zero-order valence-corrected chi connectivity index (χ0v) is 11.2. The number of aromatic amines is 1. The van der Waals surface area contributed by atoms with Crippen LogP contribution in [0.1, 0.15) is 25.3 Å². The van der Waals surface area contributed by atoms with Gasteiger partial charge in [-0.25, -0.2) is 10.2 Å². The SMILES string of the molecule is CCCCn1c(O)c(C=NNC(N)=O)c(=O)[nH]c1=S. The van der Waals surface area contributed by atoms with Gasteiger partial charge in [0.15, 0.2) is 4.77 Å². The normalized spacial score (nSPS) is 10.8. The van der Waals surface area contributed by atoms with Crippen molar-refractivity contribution >= 4 is 24.5 Å². The average Bonchev–Trinajstić information content (AvgIpc) is 2.32. The number of aromatic nitrogens is 2. The Kier molecular flexibility index (Phi) is 5.24. The van der Waals surface area contributed by atoms with Gasteiger partial charge in [0.05, 0.1) is 6.21 Å². The van der Waals surface area contributed by atoms with Crippen LogP contribution < -0.4 is 16.7 Å². The lowest BCUT2D eigenvalue weighted by Gasteiger charge is -2.10. The summed E-state index contributed by atoms with van der Waals surface area (Å²) >= 11 is 4.97. The van der Waals surface area contributed by atoms with Gasteiger partial charge in [0.2, 0.25) is 5.88 Å². The highest BCUT2D eigenvalue weighted by molar-refractivity contribution is 7.71. The number of aromatic hydroxyl groups is 1. The lowest BCUT2D eigenvalue weighted by atomic mass is 10.3. The first-order valence-corrected chi connectivity index (χ1v) is 6.02. The number of urea groups is 1. The maximum atomic E-state index is 11.6. The quantitative estimate of drug-likeness (QED) is 0.355. The van der Waals surface area contributed by atoms with Crippen LogP contribution in [0.25, 0.3) is 0 Å². The van der Waals surface area contributed by atoms with Gasteiger partial charge in [-0.05, 0) is 18.6 Å². The zero-order chi connectivity index (χ0) is 14.4. The molecule has 5 N–H and O–H groups in total. The third-order valence-corrected chi connectivity index (χ3v) is 2.63. The number of amides is 2. The first-order valence-electron chi connectivity index (χ1n) is 5.62. The third-order valence-electron chi connectivity index (χ3n) is 2.31. The Balaban J connectivity index is 3.17. The summed E-state index contributed by atoms with van der Waals surface area (Å²) in [5.74, 6) is -0.294. The van der Waals surface area contributed by atoms with Crippen molar-refractivity contribution in [3.8, 4) is 5.88 Å². The van der Waals surface area contributed by atoms with Crippen molar-refractivity contribution in [2.24, 2.45) is 10.8 Å². The van der Waals surface area contributed by atoms with E-state index < -0.39 is 11.6 Å². The van der Waals surface area contributed by atoms with Crippen molar-refractivity contribution in [1.82, 2.24) is 15.0 Å². The van der Waals surface area contributed by atoms with E-state index in [4.69, 9.17) is 18.0 Å². The molecule has 1 heterocycles. The number of H-pyrrole nitrogens is 1. The van der Waals surface area contributed by atoms with Gasteiger partial charge in [-0.1, -0.05) is 13.3 Å². The summed E-state index contributed by atoms with van der Waals surface area (Å²) in [6.07, 6.45) is 2.72. The van der Waals surface area contributed by atoms with E-state index in [-0.39, 0.29) is 16.2 Å². The van der Waals surface area contributed by atoms with E-state index >= 15 is 0 Å². The van der Waals surface area contributed by atoms with E-state index in [0.717, 1.165) is 19.1 Å². The van der Waals surface area contributed by atoms with E-state index in [1.165, 1.54) is 4.57 Å². The molecule has 19 heavy (non-hydrogen) atoms. The fourth-order valence-corrected chi connectivity index (χ4v) is 1.65. The summed E-state index contributed by atoms with van der Waals surface area (Å²) < 4.78 is 1.53. The summed E-state index contributed by atoms with van der Waals surface area (Å²) in [4.78, 5) is 24.5. The highest BCUT2D eigenvalue weighted by Gasteiger charge is 2.10. The largest absolute Gasteiger partial charge is 0.494 e. The van der Waals surface area contributed by atoms with Gasteiger partial charge in [0, 0.05) is 6.54 Å². The van der Waals surface area contributed by atoms with Gasteiger partial charge in [-0.15, -0.1) is 0 Å². The minimum Gasteiger partial charge on any atom is -0.494 e. The molecule has 2 amide bonds. The number of rotatable bonds is 5. The number of hydrogen-bond donors (Lipinski definition) is 4. The predicted molar refractivity (Wildman–Crippen MR) is 72.8 cm³/mol. The van der Waals surface area contributed by atoms with Crippen LogP contribution in [0.3, 0.4) is 0 Å². The van der Waals surface area contributed by atoms with Gasteiger partial charge >= 0.3 is 6.03 Å². The molecular formula is C10H15N5O3S. The van der Waals surface area contributed by atoms with Crippen molar-refractivity contribution in [2.75, 3.05) is 0 Å². The lowest BCUT2D eigenvalue weighted by molar-refractivity contribution is 0.249. The molecule has 104 valence electrons. The first kappa shape index (κ1) is 14.9. The molecule has 0 fully saturated rings. The van der Waals surface area contributed by atoms with Crippen LogP contribution in [-0.4, -0.2) is 26.9 Å². The van der Waals surface area contributed by atoms with Crippen LogP contribution in [0.4, 0.5) is 4.79 Å². The maximum Gasteiger partial charge on any atom is 0.332 e. The number of carbonyl (C=O) groups is 1. The van der Waals surface area contributed by atoms with Crippen LogP contribution >= 0.6 is 12.2 Å². The fraction of sp³-hybridized carbons (Fsp3) is 0.400. The predicted octanol–water partition coefficient (Wildman–Crippen LogP) is 0.414. The molecule has 9 heteroatoms. The first-order chi connectivity index (χ1) is 8.97. The molecule has 0 aromatic carbocycles. The number of hydrogen-bond acceptors (Lipinski definition) is 5. The van der Waals surface area contributed by atoms with Crippen molar-refractivity contribution in [3.63, 3.8) is 0 Å². The number of unbranched alkanes of at least 4 members (excludes halogenated alkanes) is 1. The topological polar surface area (TPSA) is 125 Å². The molecule has 0 saturated carbocycles. The Labute approximate surface area is 114 Å². The van der Waals surface area contributed by atoms with Crippen molar-refractivity contribution in [1.29, 1.82) is 0 Å². The monoisotopic (exact) mass is 285 g/mol. The van der Waals surface area contributed by atoms with Gasteiger partial charge in [-0.2, -0.15) is 5.10 Å². The molecule has 1 aromatic heterocycles. The molecule has 0 aliphatic carbocycles. The highest BCUT2D eigenvalue weighted by Crippen LogP contribution is 2.12. The van der Waals surface area contributed by atoms with Crippen LogP contribution in [0.2, 0.25) is 0 Å². The van der Waals surface area contributed by atoms with Crippen LogP contribution in [0, 0.1) is 4.77 Å². The molecule has 8 nitrogen and oxygen atoms in total. The molecule has 1 rings (SSSR count). The summed E-state index contributed by atoms with van der Waals surface area (Å²) in [6.45, 7) is 2.47. The Morgan fingerprint density at radius 3 is 2.95 bits per heavy atom. The number of nitrogens with one attached hydrogen (secondary N) is 2. The second kappa shape index (κ2) is 6.69. The molecule has 0 bridgehead atoms. The smallest absolute Gasteiger partial charge is 0.332 e. The molecule has 0 radical (unpaired) electrons. The van der Waals surface area contributed by atoms with Crippen LogP contribution in [-0.2, 0) is 6.54 Å². The standard InChI is InChI=1S/C10H15N5O3S/c1-2-3-4-15-8(17)6(5-12-14-9(11)18)7(16)13-10(15)19/h5,17H,2-4H2,1H3,(H3,11,14,18)(H,13,16,19). The Morgan fingerprint density at radius 2 is 2.37 bits per heavy atom. The molecule has 0 saturated heterocycles. The lowest BCUT2D eigenvalue weighted by Crippen LogP contribution is -2.25. The van der Waals surface area contributed by atoms with Gasteiger partial charge in [0.1, 0.15) is 5.56 Å². The Bertz CT molecular complexity index is 604. The number of nitrogens with two attached hydrogens (primary N) is 1. The van der Waals surface area contributed by atoms with Gasteiger partial charge < -0.3 is 10.8 Å². The number of nitrogens with zero attached hydrogens (tertiary/aromatic N) is 2. The van der Waals surface area contributed by atoms with E-state index in [2.05, 4.69) is 10.1 Å². The second-order valence-electron chi connectivity index (χ2n) is 3.74. The maximum absolute atomic E-state index is 11.6.